The normalized spacial score (nSPS) is 16.2. The van der Waals surface area contributed by atoms with Crippen molar-refractivity contribution in [3.05, 3.63) is 52.0 Å². The fraction of sp³-hybridized carbons (Fsp3) is 0.368. The zero-order valence-electron chi connectivity index (χ0n) is 14.1. The first kappa shape index (κ1) is 17.9. The number of thioether (sulfide) groups is 1. The molecule has 1 aliphatic heterocycles. The molecule has 6 heteroatoms. The molecule has 0 radical (unpaired) electrons. The van der Waals surface area contributed by atoms with Gasteiger partial charge in [0.05, 0.1) is 19.8 Å². The Morgan fingerprint density at radius 1 is 1.12 bits per heavy atom. The number of Topliss-reactive ketones (excluding diaryl/α,β-unsaturated/α-hetero) is 1. The molecule has 3 rings (SSSR count). The zero-order chi connectivity index (χ0) is 17.6. The molecular weight excluding hydrogens is 340 g/mol. The molecule has 0 atom stereocenters. The minimum atomic E-state index is -0.449. The van der Waals surface area contributed by atoms with E-state index in [4.69, 9.17) is 14.2 Å². The summed E-state index contributed by atoms with van der Waals surface area (Å²) in [7, 11) is 1.60. The topological polar surface area (TPSA) is 61.8 Å². The molecule has 5 nitrogen and oxygen atoms in total. The van der Waals surface area contributed by atoms with Gasteiger partial charge >= 0.3 is 5.97 Å². The van der Waals surface area contributed by atoms with Crippen LogP contribution in [0.4, 0.5) is 0 Å². The van der Waals surface area contributed by atoms with Gasteiger partial charge in [-0.25, -0.2) is 4.79 Å². The van der Waals surface area contributed by atoms with E-state index in [0.29, 0.717) is 31.8 Å². The highest BCUT2D eigenvalue weighted by molar-refractivity contribution is 8.03. The van der Waals surface area contributed by atoms with Gasteiger partial charge < -0.3 is 14.2 Å². The van der Waals surface area contributed by atoms with Crippen molar-refractivity contribution in [1.82, 2.24) is 0 Å². The molecule has 1 aliphatic carbocycles. The maximum Gasteiger partial charge on any atom is 0.334 e. The Balaban J connectivity index is 1.61. The molecule has 0 unspecified atom stereocenters. The van der Waals surface area contributed by atoms with Gasteiger partial charge in [0.2, 0.25) is 0 Å². The van der Waals surface area contributed by atoms with Gasteiger partial charge in [-0.2, -0.15) is 0 Å². The maximum atomic E-state index is 12.4. The van der Waals surface area contributed by atoms with Crippen molar-refractivity contribution in [2.24, 2.45) is 0 Å². The number of ketones is 1. The van der Waals surface area contributed by atoms with Crippen LogP contribution < -0.4 is 0 Å². The lowest BCUT2D eigenvalue weighted by molar-refractivity contribution is -0.141. The molecule has 0 bridgehead atoms. The van der Waals surface area contributed by atoms with Crippen LogP contribution in [0.1, 0.15) is 12.0 Å². The number of benzene rings is 1. The predicted molar refractivity (Wildman–Crippen MR) is 94.4 cm³/mol. The average molecular weight is 360 g/mol. The van der Waals surface area contributed by atoms with E-state index >= 15 is 0 Å². The number of carbonyl (C=O) groups excluding carboxylic acids is 2. The Morgan fingerprint density at radius 3 is 2.76 bits per heavy atom. The van der Waals surface area contributed by atoms with Crippen LogP contribution >= 0.6 is 11.8 Å². The summed E-state index contributed by atoms with van der Waals surface area (Å²) >= 11 is 1.54. The van der Waals surface area contributed by atoms with Crippen LogP contribution in [-0.2, 0) is 30.2 Å². The number of hydrogen-bond acceptors (Lipinski definition) is 6. The highest BCUT2D eigenvalue weighted by Crippen LogP contribution is 2.42. The molecular formula is C19H20O5S. The summed E-state index contributed by atoms with van der Waals surface area (Å²) in [5.74, 6) is -0.447. The lowest BCUT2D eigenvalue weighted by atomic mass is 9.92. The van der Waals surface area contributed by atoms with E-state index in [0.717, 1.165) is 20.9 Å². The van der Waals surface area contributed by atoms with Gasteiger partial charge in [-0.15, -0.1) is 0 Å². The van der Waals surface area contributed by atoms with Gasteiger partial charge in [-0.3, -0.25) is 4.79 Å². The number of allylic oxidation sites excluding steroid dienone is 2. The molecule has 132 valence electrons. The van der Waals surface area contributed by atoms with E-state index in [1.165, 1.54) is 11.8 Å². The average Bonchev–Trinajstić information content (AvgIpc) is 2.63. The molecule has 1 heterocycles. The van der Waals surface area contributed by atoms with Crippen LogP contribution in [0.2, 0.25) is 0 Å². The first-order chi connectivity index (χ1) is 12.2. The van der Waals surface area contributed by atoms with E-state index in [1.54, 1.807) is 13.2 Å². The van der Waals surface area contributed by atoms with Gasteiger partial charge in [0.1, 0.15) is 6.61 Å². The molecule has 0 saturated heterocycles. The van der Waals surface area contributed by atoms with Crippen LogP contribution in [0.3, 0.4) is 0 Å². The second kappa shape index (κ2) is 8.47. The zero-order valence-corrected chi connectivity index (χ0v) is 14.9. The molecule has 0 amide bonds. The van der Waals surface area contributed by atoms with E-state index in [-0.39, 0.29) is 18.8 Å². The number of methoxy groups -OCH3 is 1. The van der Waals surface area contributed by atoms with Crippen molar-refractivity contribution >= 4 is 23.5 Å². The molecule has 0 N–H and O–H groups in total. The van der Waals surface area contributed by atoms with Crippen molar-refractivity contribution < 1.29 is 23.8 Å². The van der Waals surface area contributed by atoms with Crippen LogP contribution in [0.25, 0.3) is 0 Å². The number of rotatable bonds is 7. The van der Waals surface area contributed by atoms with Crippen LogP contribution in [0.15, 0.2) is 51.3 Å². The summed E-state index contributed by atoms with van der Waals surface area (Å²) in [5, 5.41) is 0. The van der Waals surface area contributed by atoms with Gasteiger partial charge in [0, 0.05) is 40.9 Å². The second-order valence-corrected chi connectivity index (χ2v) is 6.82. The molecule has 0 aromatic heterocycles. The highest BCUT2D eigenvalue weighted by atomic mass is 32.2. The lowest BCUT2D eigenvalue weighted by Gasteiger charge is -2.24. The highest BCUT2D eigenvalue weighted by Gasteiger charge is 2.29. The summed E-state index contributed by atoms with van der Waals surface area (Å²) in [6, 6.07) is 8.03. The van der Waals surface area contributed by atoms with E-state index in [2.05, 4.69) is 0 Å². The van der Waals surface area contributed by atoms with Crippen molar-refractivity contribution in [3.8, 4) is 0 Å². The van der Waals surface area contributed by atoms with Crippen LogP contribution in [0.5, 0.6) is 0 Å². The first-order valence-electron chi connectivity index (χ1n) is 8.15. The van der Waals surface area contributed by atoms with E-state index in [1.807, 2.05) is 24.3 Å². The van der Waals surface area contributed by atoms with E-state index < -0.39 is 5.97 Å². The molecule has 0 fully saturated rings. The number of fused-ring (bicyclic) bond motifs is 1. The fourth-order valence-corrected chi connectivity index (χ4v) is 3.88. The second-order valence-electron chi connectivity index (χ2n) is 5.74. The first-order valence-corrected chi connectivity index (χ1v) is 8.97. The largest absolute Gasteiger partial charge is 0.460 e. The molecule has 1 aromatic carbocycles. The summed E-state index contributed by atoms with van der Waals surface area (Å²) < 4.78 is 15.3. The van der Waals surface area contributed by atoms with Gasteiger partial charge in [0.15, 0.2) is 5.78 Å². The third-order valence-electron chi connectivity index (χ3n) is 4.00. The quantitative estimate of drug-likeness (QED) is 0.550. The van der Waals surface area contributed by atoms with Crippen molar-refractivity contribution in [1.29, 1.82) is 0 Å². The SMILES string of the molecule is COCCOCCOC(=O)C1=CC2=C(Cc3ccccc3S2)C(=O)C1. The molecule has 2 aliphatic rings. The number of esters is 1. The molecule has 1 aromatic rings. The van der Waals surface area contributed by atoms with Gasteiger partial charge in [-0.05, 0) is 17.7 Å². The standard InChI is InChI=1S/C19H20O5S/c1-22-6-7-23-8-9-24-19(21)14-11-16(20)15-10-13-4-2-3-5-17(13)25-18(15)12-14/h2-5,12H,6-11H2,1H3. The Morgan fingerprint density at radius 2 is 1.92 bits per heavy atom. The maximum absolute atomic E-state index is 12.4. The number of hydrogen-bond donors (Lipinski definition) is 0. The lowest BCUT2D eigenvalue weighted by Crippen LogP contribution is -2.21. The fourth-order valence-electron chi connectivity index (χ4n) is 2.71. The summed E-state index contributed by atoms with van der Waals surface area (Å²) in [6.07, 6.45) is 2.53. The summed E-state index contributed by atoms with van der Waals surface area (Å²) in [4.78, 5) is 26.6. The Labute approximate surface area is 151 Å². The number of carbonyl (C=O) groups is 2. The monoisotopic (exact) mass is 360 g/mol. The van der Waals surface area contributed by atoms with Gasteiger partial charge in [0.25, 0.3) is 0 Å². The minimum Gasteiger partial charge on any atom is -0.460 e. The van der Waals surface area contributed by atoms with E-state index in [9.17, 15) is 9.59 Å². The Bertz CT molecular complexity index is 735. The van der Waals surface area contributed by atoms with Crippen LogP contribution in [-0.4, -0.2) is 45.3 Å². The Kier molecular flexibility index (Phi) is 6.07. The number of ether oxygens (including phenoxy) is 3. The van der Waals surface area contributed by atoms with Crippen LogP contribution in [0, 0.1) is 0 Å². The summed E-state index contributed by atoms with van der Waals surface area (Å²) in [6.45, 7) is 1.44. The van der Waals surface area contributed by atoms with Crippen molar-refractivity contribution in [2.75, 3.05) is 33.5 Å². The Hall–Kier alpha value is -1.89. The smallest absolute Gasteiger partial charge is 0.334 e. The molecule has 0 saturated carbocycles. The van der Waals surface area contributed by atoms with Crippen molar-refractivity contribution in [3.63, 3.8) is 0 Å². The third kappa shape index (κ3) is 4.39. The predicted octanol–water partition coefficient (Wildman–Crippen LogP) is 2.69. The summed E-state index contributed by atoms with van der Waals surface area (Å²) in [5.41, 5.74) is 2.36. The van der Waals surface area contributed by atoms with Crippen molar-refractivity contribution in [2.45, 2.75) is 17.7 Å². The minimum absolute atomic E-state index is 0.00259. The molecule has 0 spiro atoms. The third-order valence-corrected chi connectivity index (χ3v) is 5.21. The molecule has 25 heavy (non-hydrogen) atoms. The van der Waals surface area contributed by atoms with Gasteiger partial charge in [-0.1, -0.05) is 30.0 Å².